The van der Waals surface area contributed by atoms with Crippen LogP contribution in [0.25, 0.3) is 0 Å². The van der Waals surface area contributed by atoms with E-state index >= 15 is 0 Å². The van der Waals surface area contributed by atoms with Gasteiger partial charge in [0.25, 0.3) is 0 Å². The van der Waals surface area contributed by atoms with Crippen molar-refractivity contribution in [3.63, 3.8) is 0 Å². The second-order valence-electron chi connectivity index (χ2n) is 5.82. The van der Waals surface area contributed by atoms with Gasteiger partial charge in [-0.15, -0.1) is 0 Å². The molecule has 0 aliphatic rings. The topological polar surface area (TPSA) is 35.2 Å². The van der Waals surface area contributed by atoms with Crippen LogP contribution in [0.4, 0.5) is 5.69 Å². The van der Waals surface area contributed by atoms with Crippen LogP contribution >= 0.6 is 0 Å². The zero-order valence-corrected chi connectivity index (χ0v) is 13.2. The molecule has 2 aromatic carbocycles. The quantitative estimate of drug-likeness (QED) is 0.763. The fraction of sp³-hybridized carbons (Fsp3) is 0.368. The van der Waals surface area contributed by atoms with Gasteiger partial charge in [0.05, 0.1) is 0 Å². The zero-order valence-electron chi connectivity index (χ0n) is 13.2. The molecule has 112 valence electrons. The minimum atomic E-state index is 0.259. The van der Waals surface area contributed by atoms with E-state index in [0.29, 0.717) is 6.61 Å². The summed E-state index contributed by atoms with van der Waals surface area (Å²) in [7, 11) is 0. The summed E-state index contributed by atoms with van der Waals surface area (Å²) in [4.78, 5) is 0. The van der Waals surface area contributed by atoms with Gasteiger partial charge in [0.15, 0.2) is 0 Å². The number of hydrogen-bond donors (Lipinski definition) is 1. The molecular weight excluding hydrogens is 258 g/mol. The zero-order chi connectivity index (χ0) is 15.3. The van der Waals surface area contributed by atoms with Gasteiger partial charge in [-0.3, -0.25) is 0 Å². The van der Waals surface area contributed by atoms with Crippen molar-refractivity contribution in [2.45, 2.75) is 45.6 Å². The summed E-state index contributed by atoms with van der Waals surface area (Å²) in [6.07, 6.45) is 2.30. The maximum absolute atomic E-state index is 5.83. The Bertz CT molecular complexity index is 553. The van der Waals surface area contributed by atoms with Gasteiger partial charge < -0.3 is 10.5 Å². The summed E-state index contributed by atoms with van der Waals surface area (Å²) in [6.45, 7) is 7.37. The van der Waals surface area contributed by atoms with Crippen molar-refractivity contribution in [2.75, 3.05) is 5.73 Å². The minimum Gasteiger partial charge on any atom is -0.489 e. The maximum atomic E-state index is 5.83. The molecule has 2 aromatic rings. The third kappa shape index (κ3) is 3.78. The highest BCUT2D eigenvalue weighted by molar-refractivity contribution is 5.39. The molecule has 0 unspecified atom stereocenters. The average molecular weight is 283 g/mol. The van der Waals surface area contributed by atoms with E-state index in [1.807, 2.05) is 24.3 Å². The molecule has 0 heterocycles. The molecule has 0 saturated heterocycles. The van der Waals surface area contributed by atoms with Crippen LogP contribution in [0.2, 0.25) is 0 Å². The van der Waals surface area contributed by atoms with Crippen molar-refractivity contribution in [2.24, 2.45) is 0 Å². The first-order valence-corrected chi connectivity index (χ1v) is 7.65. The Balaban J connectivity index is 2.01. The molecule has 0 aliphatic carbocycles. The summed E-state index contributed by atoms with van der Waals surface area (Å²) >= 11 is 0. The molecule has 0 radical (unpaired) electrons. The van der Waals surface area contributed by atoms with Gasteiger partial charge >= 0.3 is 0 Å². The molecular formula is C19H25NO. The molecule has 0 aliphatic heterocycles. The van der Waals surface area contributed by atoms with Crippen molar-refractivity contribution in [3.05, 3.63) is 59.7 Å². The number of rotatable bonds is 6. The second-order valence-corrected chi connectivity index (χ2v) is 5.82. The van der Waals surface area contributed by atoms with Gasteiger partial charge in [-0.25, -0.2) is 0 Å². The smallest absolute Gasteiger partial charge is 0.119 e. The summed E-state index contributed by atoms with van der Waals surface area (Å²) in [6, 6.07) is 16.3. The van der Waals surface area contributed by atoms with Crippen molar-refractivity contribution in [1.82, 2.24) is 0 Å². The summed E-state index contributed by atoms with van der Waals surface area (Å²) in [5.74, 6) is 0.908. The third-order valence-corrected chi connectivity index (χ3v) is 4.50. The minimum absolute atomic E-state index is 0.259. The monoisotopic (exact) mass is 283 g/mol. The highest BCUT2D eigenvalue weighted by atomic mass is 16.5. The largest absolute Gasteiger partial charge is 0.489 e. The Labute approximate surface area is 127 Å². The Morgan fingerprint density at radius 3 is 2.00 bits per heavy atom. The second kappa shape index (κ2) is 6.66. The lowest BCUT2D eigenvalue weighted by Crippen LogP contribution is -2.19. The predicted molar refractivity (Wildman–Crippen MR) is 89.6 cm³/mol. The van der Waals surface area contributed by atoms with Crippen LogP contribution < -0.4 is 10.5 Å². The lowest BCUT2D eigenvalue weighted by atomic mass is 9.78. The third-order valence-electron chi connectivity index (χ3n) is 4.50. The summed E-state index contributed by atoms with van der Waals surface area (Å²) in [5.41, 5.74) is 9.22. The first-order valence-electron chi connectivity index (χ1n) is 7.65. The molecule has 2 heteroatoms. The van der Waals surface area contributed by atoms with Crippen LogP contribution in [-0.4, -0.2) is 0 Å². The molecule has 0 saturated carbocycles. The highest BCUT2D eigenvalue weighted by Crippen LogP contribution is 2.31. The number of nitrogen functional groups attached to an aromatic ring is 1. The van der Waals surface area contributed by atoms with Crippen LogP contribution in [0.3, 0.4) is 0 Å². The first-order chi connectivity index (χ1) is 10.1. The van der Waals surface area contributed by atoms with E-state index in [0.717, 1.165) is 29.8 Å². The molecule has 2 nitrogen and oxygen atoms in total. The molecule has 2 N–H and O–H groups in total. The van der Waals surface area contributed by atoms with Crippen molar-refractivity contribution < 1.29 is 4.74 Å². The van der Waals surface area contributed by atoms with Gasteiger partial charge in [0.1, 0.15) is 12.4 Å². The highest BCUT2D eigenvalue weighted by Gasteiger charge is 2.21. The fourth-order valence-electron chi connectivity index (χ4n) is 2.39. The lowest BCUT2D eigenvalue weighted by molar-refractivity contribution is 0.306. The van der Waals surface area contributed by atoms with Gasteiger partial charge in [-0.05, 0) is 53.6 Å². The number of nitrogens with two attached hydrogens (primary N) is 1. The Morgan fingerprint density at radius 2 is 1.48 bits per heavy atom. The van der Waals surface area contributed by atoms with Crippen LogP contribution in [-0.2, 0) is 12.0 Å². The molecule has 0 aromatic heterocycles. The Morgan fingerprint density at radius 1 is 0.905 bits per heavy atom. The number of benzene rings is 2. The molecule has 0 fully saturated rings. The van der Waals surface area contributed by atoms with E-state index in [1.54, 1.807) is 0 Å². The van der Waals surface area contributed by atoms with Crippen LogP contribution in [0.15, 0.2) is 48.5 Å². The fourth-order valence-corrected chi connectivity index (χ4v) is 2.39. The van der Waals surface area contributed by atoms with Crippen LogP contribution in [0.5, 0.6) is 5.75 Å². The molecule has 0 amide bonds. The van der Waals surface area contributed by atoms with Gasteiger partial charge in [-0.2, -0.15) is 0 Å². The number of anilines is 1. The standard InChI is InChI=1S/C19H25NO/c1-4-19(3,5-2)16-8-12-18(13-9-16)21-14-15-6-10-17(20)11-7-15/h6-13H,4-5,14,20H2,1-3H3. The maximum Gasteiger partial charge on any atom is 0.119 e. The van der Waals surface area contributed by atoms with E-state index in [1.165, 1.54) is 5.56 Å². The number of hydrogen-bond acceptors (Lipinski definition) is 2. The van der Waals surface area contributed by atoms with Gasteiger partial charge in [-0.1, -0.05) is 45.0 Å². The van der Waals surface area contributed by atoms with Crippen molar-refractivity contribution in [1.29, 1.82) is 0 Å². The van der Waals surface area contributed by atoms with E-state index in [9.17, 15) is 0 Å². The van der Waals surface area contributed by atoms with E-state index in [2.05, 4.69) is 45.0 Å². The average Bonchev–Trinajstić information content (AvgIpc) is 2.54. The summed E-state index contributed by atoms with van der Waals surface area (Å²) < 4.78 is 5.83. The predicted octanol–water partition coefficient (Wildman–Crippen LogP) is 4.93. The SMILES string of the molecule is CCC(C)(CC)c1ccc(OCc2ccc(N)cc2)cc1. The molecule has 0 spiro atoms. The first kappa shape index (κ1) is 15.4. The molecule has 21 heavy (non-hydrogen) atoms. The van der Waals surface area contributed by atoms with Crippen LogP contribution in [0, 0.1) is 0 Å². The van der Waals surface area contributed by atoms with Gasteiger partial charge in [0.2, 0.25) is 0 Å². The Kier molecular flexibility index (Phi) is 4.89. The van der Waals surface area contributed by atoms with Gasteiger partial charge in [0, 0.05) is 5.69 Å². The molecule has 0 bridgehead atoms. The molecule has 2 rings (SSSR count). The van der Waals surface area contributed by atoms with E-state index in [4.69, 9.17) is 10.5 Å². The molecule has 0 atom stereocenters. The van der Waals surface area contributed by atoms with E-state index < -0.39 is 0 Å². The van der Waals surface area contributed by atoms with Crippen molar-refractivity contribution >= 4 is 5.69 Å². The van der Waals surface area contributed by atoms with Crippen LogP contribution in [0.1, 0.15) is 44.7 Å². The van der Waals surface area contributed by atoms with E-state index in [-0.39, 0.29) is 5.41 Å². The lowest BCUT2D eigenvalue weighted by Gasteiger charge is -2.27. The van der Waals surface area contributed by atoms with Crippen molar-refractivity contribution in [3.8, 4) is 5.75 Å². The summed E-state index contributed by atoms with van der Waals surface area (Å²) in [5, 5.41) is 0. The number of ether oxygens (including phenoxy) is 1. The Hall–Kier alpha value is -1.96. The normalized spacial score (nSPS) is 11.4.